The van der Waals surface area contributed by atoms with E-state index in [0.717, 1.165) is 5.82 Å². The molecular formula is C11H11N3O2. The molecule has 0 atom stereocenters. The molecule has 82 valence electrons. The highest BCUT2D eigenvalue weighted by Crippen LogP contribution is 2.22. The molecule has 0 aliphatic heterocycles. The van der Waals surface area contributed by atoms with Gasteiger partial charge >= 0.3 is 5.97 Å². The highest BCUT2D eigenvalue weighted by Gasteiger charge is 2.12. The summed E-state index contributed by atoms with van der Waals surface area (Å²) in [6.07, 6.45) is 3.38. The van der Waals surface area contributed by atoms with Gasteiger partial charge in [0, 0.05) is 12.4 Å². The smallest absolute Gasteiger partial charge is 0.337 e. The average Bonchev–Trinajstić information content (AvgIpc) is 2.64. The monoisotopic (exact) mass is 217 g/mol. The topological polar surface area (TPSA) is 81.1 Å². The number of rotatable bonds is 2. The summed E-state index contributed by atoms with van der Waals surface area (Å²) in [5, 5.41) is 8.95. The molecule has 2 rings (SSSR count). The third-order valence-electron chi connectivity index (χ3n) is 2.40. The summed E-state index contributed by atoms with van der Waals surface area (Å²) in [5.41, 5.74) is 6.80. The predicted octanol–water partition coefficient (Wildman–Crippen LogP) is 1.46. The lowest BCUT2D eigenvalue weighted by Gasteiger charge is -2.10. The Morgan fingerprint density at radius 1 is 1.50 bits per heavy atom. The zero-order chi connectivity index (χ0) is 11.7. The van der Waals surface area contributed by atoms with Crippen LogP contribution in [0.15, 0.2) is 30.6 Å². The highest BCUT2D eigenvalue weighted by atomic mass is 16.4. The molecule has 2 aromatic rings. The van der Waals surface area contributed by atoms with Gasteiger partial charge in [0.1, 0.15) is 5.82 Å². The quantitative estimate of drug-likeness (QED) is 0.746. The van der Waals surface area contributed by atoms with Crippen LogP contribution in [0.5, 0.6) is 0 Å². The van der Waals surface area contributed by atoms with Crippen molar-refractivity contribution in [1.29, 1.82) is 0 Å². The summed E-state index contributed by atoms with van der Waals surface area (Å²) in [5.74, 6) is -0.272. The predicted molar refractivity (Wildman–Crippen MR) is 59.7 cm³/mol. The number of benzene rings is 1. The van der Waals surface area contributed by atoms with E-state index in [1.165, 1.54) is 6.07 Å². The molecule has 0 spiro atoms. The summed E-state index contributed by atoms with van der Waals surface area (Å²) in [6, 6.07) is 4.90. The molecule has 16 heavy (non-hydrogen) atoms. The molecule has 0 fully saturated rings. The van der Waals surface area contributed by atoms with Crippen LogP contribution in [-0.2, 0) is 0 Å². The Bertz CT molecular complexity index is 546. The first-order valence-corrected chi connectivity index (χ1v) is 4.73. The number of anilines is 1. The molecule has 0 aliphatic rings. The Kier molecular flexibility index (Phi) is 2.36. The first kappa shape index (κ1) is 10.2. The van der Waals surface area contributed by atoms with Crippen molar-refractivity contribution in [3.05, 3.63) is 42.0 Å². The molecule has 1 aromatic heterocycles. The van der Waals surface area contributed by atoms with E-state index in [1.807, 2.05) is 6.92 Å². The molecule has 1 heterocycles. The molecule has 0 saturated carbocycles. The van der Waals surface area contributed by atoms with Gasteiger partial charge in [-0.05, 0) is 19.1 Å². The van der Waals surface area contributed by atoms with E-state index in [2.05, 4.69) is 4.98 Å². The summed E-state index contributed by atoms with van der Waals surface area (Å²) in [4.78, 5) is 15.0. The normalized spacial score (nSPS) is 10.3. The number of hydrogen-bond acceptors (Lipinski definition) is 3. The van der Waals surface area contributed by atoms with E-state index < -0.39 is 5.97 Å². The molecule has 0 amide bonds. The fourth-order valence-corrected chi connectivity index (χ4v) is 1.58. The maximum absolute atomic E-state index is 10.9. The van der Waals surface area contributed by atoms with Crippen molar-refractivity contribution in [3.63, 3.8) is 0 Å². The van der Waals surface area contributed by atoms with Crippen LogP contribution in [-0.4, -0.2) is 20.6 Å². The van der Waals surface area contributed by atoms with Crippen LogP contribution in [0, 0.1) is 6.92 Å². The van der Waals surface area contributed by atoms with Gasteiger partial charge in [-0.15, -0.1) is 0 Å². The van der Waals surface area contributed by atoms with Crippen molar-refractivity contribution < 1.29 is 9.90 Å². The van der Waals surface area contributed by atoms with Crippen LogP contribution in [0.25, 0.3) is 5.69 Å². The highest BCUT2D eigenvalue weighted by molar-refractivity contribution is 5.95. The van der Waals surface area contributed by atoms with Gasteiger partial charge in [-0.25, -0.2) is 9.78 Å². The van der Waals surface area contributed by atoms with Crippen molar-refractivity contribution in [2.75, 3.05) is 5.73 Å². The SMILES string of the molecule is Cc1nccn1-c1cccc(C(=O)O)c1N. The lowest BCUT2D eigenvalue weighted by Crippen LogP contribution is -2.07. The van der Waals surface area contributed by atoms with Crippen LogP contribution >= 0.6 is 0 Å². The average molecular weight is 217 g/mol. The molecule has 5 heteroatoms. The Hall–Kier alpha value is -2.30. The number of aryl methyl sites for hydroxylation is 1. The molecular weight excluding hydrogens is 206 g/mol. The minimum Gasteiger partial charge on any atom is -0.478 e. The van der Waals surface area contributed by atoms with Crippen molar-refractivity contribution in [2.45, 2.75) is 6.92 Å². The van der Waals surface area contributed by atoms with E-state index in [9.17, 15) is 4.79 Å². The van der Waals surface area contributed by atoms with Gasteiger partial charge in [0.25, 0.3) is 0 Å². The number of carboxylic acids is 1. The Morgan fingerprint density at radius 2 is 2.25 bits per heavy atom. The molecule has 5 nitrogen and oxygen atoms in total. The number of aromatic nitrogens is 2. The summed E-state index contributed by atoms with van der Waals surface area (Å²) in [7, 11) is 0. The summed E-state index contributed by atoms with van der Waals surface area (Å²) < 4.78 is 1.75. The first-order chi connectivity index (χ1) is 7.61. The van der Waals surface area contributed by atoms with Crippen LogP contribution < -0.4 is 5.73 Å². The second-order valence-electron chi connectivity index (χ2n) is 3.39. The van der Waals surface area contributed by atoms with Crippen molar-refractivity contribution in [3.8, 4) is 5.69 Å². The van der Waals surface area contributed by atoms with Crippen LogP contribution in [0.2, 0.25) is 0 Å². The standard InChI is InChI=1S/C11H11N3O2/c1-7-13-5-6-14(7)9-4-2-3-8(10(9)12)11(15)16/h2-6H,12H2,1H3,(H,15,16). The van der Waals surface area contributed by atoms with Gasteiger partial charge in [-0.2, -0.15) is 0 Å². The van der Waals surface area contributed by atoms with Crippen LogP contribution in [0.4, 0.5) is 5.69 Å². The van der Waals surface area contributed by atoms with Crippen LogP contribution in [0.1, 0.15) is 16.2 Å². The molecule has 0 radical (unpaired) electrons. The molecule has 3 N–H and O–H groups in total. The third kappa shape index (κ3) is 1.52. The number of carboxylic acid groups (broad SMARTS) is 1. The minimum atomic E-state index is -1.03. The second-order valence-corrected chi connectivity index (χ2v) is 3.39. The number of hydrogen-bond donors (Lipinski definition) is 2. The van der Waals surface area contributed by atoms with E-state index in [1.54, 1.807) is 29.1 Å². The number of aromatic carboxylic acids is 1. The lowest BCUT2D eigenvalue weighted by atomic mass is 10.1. The summed E-state index contributed by atoms with van der Waals surface area (Å²) >= 11 is 0. The molecule has 0 aliphatic carbocycles. The molecule has 0 bridgehead atoms. The molecule has 1 aromatic carbocycles. The van der Waals surface area contributed by atoms with Gasteiger partial charge in [0.2, 0.25) is 0 Å². The number of nitrogen functional groups attached to an aromatic ring is 1. The van der Waals surface area contributed by atoms with Gasteiger partial charge in [-0.3, -0.25) is 0 Å². The van der Waals surface area contributed by atoms with Gasteiger partial charge in [0.15, 0.2) is 0 Å². The zero-order valence-electron chi connectivity index (χ0n) is 8.71. The Labute approximate surface area is 92.2 Å². The number of nitrogens with two attached hydrogens (primary N) is 1. The van der Waals surface area contributed by atoms with Crippen LogP contribution in [0.3, 0.4) is 0 Å². The third-order valence-corrected chi connectivity index (χ3v) is 2.40. The maximum atomic E-state index is 10.9. The molecule has 0 saturated heterocycles. The number of para-hydroxylation sites is 1. The van der Waals surface area contributed by atoms with E-state index >= 15 is 0 Å². The number of nitrogens with zero attached hydrogens (tertiary/aromatic N) is 2. The zero-order valence-corrected chi connectivity index (χ0v) is 8.71. The van der Waals surface area contributed by atoms with Crippen molar-refractivity contribution in [1.82, 2.24) is 9.55 Å². The van der Waals surface area contributed by atoms with E-state index in [4.69, 9.17) is 10.8 Å². The first-order valence-electron chi connectivity index (χ1n) is 4.73. The fraction of sp³-hybridized carbons (Fsp3) is 0.0909. The van der Waals surface area contributed by atoms with Gasteiger partial charge in [0.05, 0.1) is 16.9 Å². The lowest BCUT2D eigenvalue weighted by molar-refractivity contribution is 0.0698. The van der Waals surface area contributed by atoms with Crippen molar-refractivity contribution in [2.24, 2.45) is 0 Å². The largest absolute Gasteiger partial charge is 0.478 e. The van der Waals surface area contributed by atoms with E-state index in [-0.39, 0.29) is 11.3 Å². The van der Waals surface area contributed by atoms with Gasteiger partial charge < -0.3 is 15.4 Å². The van der Waals surface area contributed by atoms with E-state index in [0.29, 0.717) is 5.69 Å². The second kappa shape index (κ2) is 3.69. The maximum Gasteiger partial charge on any atom is 0.337 e. The number of carbonyl (C=O) groups is 1. The van der Waals surface area contributed by atoms with Crippen molar-refractivity contribution >= 4 is 11.7 Å². The minimum absolute atomic E-state index is 0.102. The Balaban J connectivity index is 2.63. The molecule has 0 unspecified atom stereocenters. The summed E-state index contributed by atoms with van der Waals surface area (Å²) in [6.45, 7) is 1.83. The number of imidazole rings is 1. The van der Waals surface area contributed by atoms with Gasteiger partial charge in [-0.1, -0.05) is 6.07 Å². The Morgan fingerprint density at radius 3 is 2.81 bits per heavy atom. The fourth-order valence-electron chi connectivity index (χ4n) is 1.58.